The van der Waals surface area contributed by atoms with Crippen LogP contribution in [0.4, 0.5) is 0 Å². The van der Waals surface area contributed by atoms with Gasteiger partial charge >= 0.3 is 17.9 Å². The topological polar surface area (TPSA) is 196 Å². The molecule has 29 heavy (non-hydrogen) atoms. The van der Waals surface area contributed by atoms with Gasteiger partial charge in [0, 0.05) is 6.61 Å². The van der Waals surface area contributed by atoms with Crippen LogP contribution >= 0.6 is 0 Å². The molecule has 0 heterocycles. The molecule has 0 saturated heterocycles. The standard InChI is InChI=1S/C7H15NO3.2C6H13NO2/c1-2-4-8-6(3-5-9)7(10)11;1-4(2)3-5(7)6(8)9;1-3-4(2)5(7)6(8)9/h6,8-9H,2-5H2,1H3,(H,10,11);2*4-5H,3,7H2,1-2H3,(H,8,9). The molecule has 0 amide bonds. The predicted octanol–water partition coefficient (Wildman–Crippen LogP) is 0.710. The summed E-state index contributed by atoms with van der Waals surface area (Å²) in [6.45, 7) is 10.2. The highest BCUT2D eigenvalue weighted by Crippen LogP contribution is 2.04. The van der Waals surface area contributed by atoms with Gasteiger partial charge in [0.15, 0.2) is 0 Å². The molecule has 0 aromatic rings. The zero-order valence-electron chi connectivity index (χ0n) is 18.3. The van der Waals surface area contributed by atoms with Crippen molar-refractivity contribution in [2.45, 2.75) is 78.4 Å². The van der Waals surface area contributed by atoms with E-state index in [4.69, 9.17) is 31.9 Å². The molecule has 9 N–H and O–H groups in total. The summed E-state index contributed by atoms with van der Waals surface area (Å²) < 4.78 is 0. The van der Waals surface area contributed by atoms with Crippen molar-refractivity contribution < 1.29 is 34.8 Å². The number of hydrogen-bond donors (Lipinski definition) is 7. The summed E-state index contributed by atoms with van der Waals surface area (Å²) in [5.41, 5.74) is 10.5. The number of carbonyl (C=O) groups is 3. The quantitative estimate of drug-likeness (QED) is 0.235. The van der Waals surface area contributed by atoms with Gasteiger partial charge in [-0.15, -0.1) is 0 Å². The van der Waals surface area contributed by atoms with Gasteiger partial charge in [0.1, 0.15) is 18.1 Å². The van der Waals surface area contributed by atoms with E-state index in [1.165, 1.54) is 0 Å². The fourth-order valence-corrected chi connectivity index (χ4v) is 1.87. The van der Waals surface area contributed by atoms with Crippen LogP contribution in [-0.4, -0.2) is 69.6 Å². The average Bonchev–Trinajstić information content (AvgIpc) is 2.63. The van der Waals surface area contributed by atoms with Crippen LogP contribution in [0.2, 0.25) is 0 Å². The first-order valence-corrected chi connectivity index (χ1v) is 9.89. The molecule has 0 aromatic heterocycles. The van der Waals surface area contributed by atoms with Gasteiger partial charge in [0.05, 0.1) is 0 Å². The van der Waals surface area contributed by atoms with Crippen molar-refractivity contribution in [1.82, 2.24) is 5.32 Å². The maximum absolute atomic E-state index is 10.4. The number of nitrogens with one attached hydrogen (secondary N) is 1. The van der Waals surface area contributed by atoms with Gasteiger partial charge in [0.2, 0.25) is 0 Å². The zero-order chi connectivity index (χ0) is 23.6. The van der Waals surface area contributed by atoms with E-state index in [-0.39, 0.29) is 18.9 Å². The summed E-state index contributed by atoms with van der Waals surface area (Å²) in [5, 5.41) is 36.5. The van der Waals surface area contributed by atoms with Gasteiger partial charge in [-0.2, -0.15) is 0 Å². The van der Waals surface area contributed by atoms with E-state index in [0.29, 0.717) is 18.9 Å². The van der Waals surface area contributed by atoms with Gasteiger partial charge in [-0.3, -0.25) is 14.4 Å². The first-order valence-electron chi connectivity index (χ1n) is 9.89. The lowest BCUT2D eigenvalue weighted by Crippen LogP contribution is -2.37. The van der Waals surface area contributed by atoms with E-state index < -0.39 is 36.0 Å². The molecule has 4 atom stereocenters. The minimum atomic E-state index is -0.913. The molecule has 4 unspecified atom stereocenters. The normalized spacial score (nSPS) is 14.4. The summed E-state index contributed by atoms with van der Waals surface area (Å²) in [7, 11) is 0. The van der Waals surface area contributed by atoms with Gasteiger partial charge in [0.25, 0.3) is 0 Å². The lowest BCUT2D eigenvalue weighted by atomic mass is 10.0. The van der Waals surface area contributed by atoms with E-state index in [9.17, 15) is 14.4 Å². The molecule has 0 aliphatic heterocycles. The summed E-state index contributed by atoms with van der Waals surface area (Å²) in [6.07, 6.45) is 2.54. The van der Waals surface area contributed by atoms with Crippen LogP contribution < -0.4 is 16.8 Å². The molecule has 0 radical (unpaired) electrons. The van der Waals surface area contributed by atoms with Crippen molar-refractivity contribution in [2.75, 3.05) is 13.2 Å². The number of aliphatic hydroxyl groups excluding tert-OH is 1. The average molecular weight is 424 g/mol. The number of hydrogen-bond acceptors (Lipinski definition) is 7. The third-order valence-corrected chi connectivity index (χ3v) is 3.94. The van der Waals surface area contributed by atoms with E-state index >= 15 is 0 Å². The van der Waals surface area contributed by atoms with E-state index in [1.54, 1.807) is 0 Å². The second kappa shape index (κ2) is 19.6. The van der Waals surface area contributed by atoms with Crippen molar-refractivity contribution in [3.05, 3.63) is 0 Å². The van der Waals surface area contributed by atoms with E-state index in [1.807, 2.05) is 34.6 Å². The molecule has 0 bridgehead atoms. The highest BCUT2D eigenvalue weighted by atomic mass is 16.4. The maximum atomic E-state index is 10.4. The Bertz CT molecular complexity index is 448. The number of rotatable bonds is 12. The monoisotopic (exact) mass is 423 g/mol. The van der Waals surface area contributed by atoms with Gasteiger partial charge in [-0.1, -0.05) is 41.0 Å². The molecule has 0 saturated carbocycles. The fraction of sp³-hybridized carbons (Fsp3) is 0.842. The largest absolute Gasteiger partial charge is 0.480 e. The first-order chi connectivity index (χ1) is 13.3. The Hall–Kier alpha value is -1.75. The molecule has 0 rings (SSSR count). The summed E-state index contributed by atoms with van der Waals surface area (Å²) >= 11 is 0. The highest BCUT2D eigenvalue weighted by Gasteiger charge is 2.17. The number of nitrogens with two attached hydrogens (primary N) is 2. The lowest BCUT2D eigenvalue weighted by molar-refractivity contribution is -0.140. The third-order valence-electron chi connectivity index (χ3n) is 3.94. The van der Waals surface area contributed by atoms with Crippen molar-refractivity contribution in [3.8, 4) is 0 Å². The first kappa shape index (κ1) is 31.9. The van der Waals surface area contributed by atoms with Gasteiger partial charge in [-0.25, -0.2) is 0 Å². The van der Waals surface area contributed by atoms with Crippen LogP contribution in [0.15, 0.2) is 0 Å². The molecule has 174 valence electrons. The Kier molecular flexibility index (Phi) is 21.5. The lowest BCUT2D eigenvalue weighted by Gasteiger charge is -2.11. The number of carboxylic acid groups (broad SMARTS) is 3. The number of aliphatic carboxylic acids is 3. The minimum Gasteiger partial charge on any atom is -0.480 e. The smallest absolute Gasteiger partial charge is 0.320 e. The molecule has 10 nitrogen and oxygen atoms in total. The van der Waals surface area contributed by atoms with Crippen LogP contribution in [0.3, 0.4) is 0 Å². The molecule has 0 aliphatic carbocycles. The van der Waals surface area contributed by atoms with Crippen molar-refractivity contribution in [2.24, 2.45) is 23.3 Å². The number of aliphatic hydroxyl groups is 1. The van der Waals surface area contributed by atoms with Crippen LogP contribution in [0.5, 0.6) is 0 Å². The molecule has 10 heteroatoms. The molecular formula is C19H41N3O7. The van der Waals surface area contributed by atoms with Crippen molar-refractivity contribution in [1.29, 1.82) is 0 Å². The maximum Gasteiger partial charge on any atom is 0.320 e. The van der Waals surface area contributed by atoms with Gasteiger partial charge in [-0.05, 0) is 37.6 Å². The summed E-state index contributed by atoms with van der Waals surface area (Å²) in [6, 6.07) is -1.99. The number of carboxylic acids is 3. The Morgan fingerprint density at radius 1 is 0.931 bits per heavy atom. The highest BCUT2D eigenvalue weighted by molar-refractivity contribution is 5.73. The van der Waals surface area contributed by atoms with Crippen LogP contribution in [0.25, 0.3) is 0 Å². The van der Waals surface area contributed by atoms with Gasteiger partial charge < -0.3 is 37.2 Å². The molecule has 0 fully saturated rings. The second-order valence-electron chi connectivity index (χ2n) is 7.18. The fourth-order valence-electron chi connectivity index (χ4n) is 1.87. The van der Waals surface area contributed by atoms with Crippen molar-refractivity contribution in [3.63, 3.8) is 0 Å². The van der Waals surface area contributed by atoms with Crippen LogP contribution in [-0.2, 0) is 14.4 Å². The Morgan fingerprint density at radius 2 is 1.45 bits per heavy atom. The minimum absolute atomic E-state index is 0.0718. The summed E-state index contributed by atoms with van der Waals surface area (Å²) in [5.74, 6) is -2.29. The van der Waals surface area contributed by atoms with E-state index in [2.05, 4.69) is 5.32 Å². The molecule has 0 spiro atoms. The Balaban J connectivity index is -0.000000352. The SMILES string of the molecule is CC(C)CC(N)C(=O)O.CCC(C)C(N)C(=O)O.CCCNC(CCO)C(=O)O. The molecular weight excluding hydrogens is 382 g/mol. The van der Waals surface area contributed by atoms with Crippen LogP contribution in [0, 0.1) is 11.8 Å². The van der Waals surface area contributed by atoms with Crippen LogP contribution in [0.1, 0.15) is 60.3 Å². The van der Waals surface area contributed by atoms with Crippen molar-refractivity contribution >= 4 is 17.9 Å². The Morgan fingerprint density at radius 3 is 1.66 bits per heavy atom. The predicted molar refractivity (Wildman–Crippen MR) is 112 cm³/mol. The second-order valence-corrected chi connectivity index (χ2v) is 7.18. The third kappa shape index (κ3) is 20.8. The molecule has 0 aliphatic rings. The van der Waals surface area contributed by atoms with E-state index in [0.717, 1.165) is 12.8 Å². The Labute approximate surface area is 173 Å². The molecule has 0 aromatic carbocycles. The zero-order valence-corrected chi connectivity index (χ0v) is 18.3. The summed E-state index contributed by atoms with van der Waals surface area (Å²) in [4.78, 5) is 30.7.